The lowest BCUT2D eigenvalue weighted by Gasteiger charge is -2.28. The fourth-order valence-electron chi connectivity index (χ4n) is 2.96. The molecule has 1 aromatic carbocycles. The predicted molar refractivity (Wildman–Crippen MR) is 90.8 cm³/mol. The molecule has 1 aromatic rings. The first-order chi connectivity index (χ1) is 11.4. The molecule has 0 radical (unpaired) electrons. The minimum atomic E-state index is -0.796. The average molecular weight is 353 g/mol. The summed E-state index contributed by atoms with van der Waals surface area (Å²) in [7, 11) is 1.59. The molecule has 0 aliphatic heterocycles. The van der Waals surface area contributed by atoms with Crippen LogP contribution in [0.2, 0.25) is 5.02 Å². The van der Waals surface area contributed by atoms with E-state index >= 15 is 0 Å². The van der Waals surface area contributed by atoms with Crippen LogP contribution in [0, 0.1) is 11.8 Å². The van der Waals surface area contributed by atoms with Crippen molar-refractivity contribution in [3.63, 3.8) is 0 Å². The second-order valence-corrected chi connectivity index (χ2v) is 6.58. The Morgan fingerprint density at radius 1 is 1.21 bits per heavy atom. The minimum absolute atomic E-state index is 0.0514. The van der Waals surface area contributed by atoms with Gasteiger partial charge in [-0.25, -0.2) is 0 Å². The maximum atomic E-state index is 12.4. The summed E-state index contributed by atoms with van der Waals surface area (Å²) in [6.07, 6.45) is 2.12. The van der Waals surface area contributed by atoms with Crippen molar-refractivity contribution in [2.45, 2.75) is 25.7 Å². The molecule has 2 amide bonds. The largest absolute Gasteiger partial charge is 0.481 e. The summed E-state index contributed by atoms with van der Waals surface area (Å²) >= 11 is 5.86. The number of likely N-dealkylation sites (N-methyl/N-ethyl adjacent to an activating group) is 1. The van der Waals surface area contributed by atoms with Crippen molar-refractivity contribution in [1.82, 2.24) is 4.90 Å². The van der Waals surface area contributed by atoms with Crippen LogP contribution in [0.1, 0.15) is 25.7 Å². The van der Waals surface area contributed by atoms with Crippen LogP contribution in [-0.4, -0.2) is 41.4 Å². The van der Waals surface area contributed by atoms with Crippen LogP contribution in [0.3, 0.4) is 0 Å². The van der Waals surface area contributed by atoms with E-state index in [0.717, 1.165) is 0 Å². The van der Waals surface area contributed by atoms with Crippen LogP contribution in [0.15, 0.2) is 24.3 Å². The van der Waals surface area contributed by atoms with Gasteiger partial charge < -0.3 is 15.3 Å². The molecule has 2 rings (SSSR count). The van der Waals surface area contributed by atoms with Gasteiger partial charge in [0.25, 0.3) is 0 Å². The fourth-order valence-corrected chi connectivity index (χ4v) is 3.15. The number of hydrogen-bond acceptors (Lipinski definition) is 3. The third kappa shape index (κ3) is 4.96. The number of aliphatic carboxylic acids is 1. The summed E-state index contributed by atoms with van der Waals surface area (Å²) in [4.78, 5) is 36.8. The highest BCUT2D eigenvalue weighted by molar-refractivity contribution is 6.30. The van der Waals surface area contributed by atoms with Gasteiger partial charge in [0.15, 0.2) is 0 Å². The molecule has 0 heterocycles. The third-order valence-electron chi connectivity index (χ3n) is 4.29. The van der Waals surface area contributed by atoms with E-state index in [1.165, 1.54) is 4.90 Å². The lowest BCUT2D eigenvalue weighted by atomic mass is 9.81. The van der Waals surface area contributed by atoms with Crippen molar-refractivity contribution in [1.29, 1.82) is 0 Å². The number of amides is 2. The zero-order chi connectivity index (χ0) is 17.7. The number of nitrogens with zero attached hydrogens (tertiary/aromatic N) is 1. The second kappa shape index (κ2) is 8.15. The Morgan fingerprint density at radius 3 is 2.42 bits per heavy atom. The molecule has 0 spiro atoms. The molecular weight excluding hydrogens is 332 g/mol. The van der Waals surface area contributed by atoms with Gasteiger partial charge in [0, 0.05) is 23.7 Å². The second-order valence-electron chi connectivity index (χ2n) is 6.14. The summed E-state index contributed by atoms with van der Waals surface area (Å²) in [5.74, 6) is -1.77. The van der Waals surface area contributed by atoms with E-state index in [2.05, 4.69) is 5.32 Å². The maximum Gasteiger partial charge on any atom is 0.306 e. The van der Waals surface area contributed by atoms with Crippen molar-refractivity contribution in [2.24, 2.45) is 11.8 Å². The molecular formula is C17H21ClN2O4. The number of hydrogen-bond donors (Lipinski definition) is 2. The zero-order valence-electron chi connectivity index (χ0n) is 13.5. The molecule has 1 aliphatic carbocycles. The molecule has 6 nitrogen and oxygen atoms in total. The highest BCUT2D eigenvalue weighted by Gasteiger charge is 2.31. The lowest BCUT2D eigenvalue weighted by Crippen LogP contribution is -2.40. The molecule has 0 unspecified atom stereocenters. The number of carbonyl (C=O) groups is 3. The van der Waals surface area contributed by atoms with Gasteiger partial charge in [0.05, 0.1) is 12.5 Å². The number of nitrogens with one attached hydrogen (secondary N) is 1. The van der Waals surface area contributed by atoms with Crippen molar-refractivity contribution in [2.75, 3.05) is 18.9 Å². The number of anilines is 1. The molecule has 0 saturated heterocycles. The molecule has 0 aromatic heterocycles. The first-order valence-corrected chi connectivity index (χ1v) is 8.28. The smallest absolute Gasteiger partial charge is 0.306 e. The Balaban J connectivity index is 1.83. The van der Waals surface area contributed by atoms with E-state index in [1.54, 1.807) is 31.3 Å². The van der Waals surface area contributed by atoms with Gasteiger partial charge in [-0.2, -0.15) is 0 Å². The van der Waals surface area contributed by atoms with Crippen LogP contribution >= 0.6 is 11.6 Å². The number of carbonyl (C=O) groups excluding carboxylic acids is 2. The highest BCUT2D eigenvalue weighted by Crippen LogP contribution is 2.30. The van der Waals surface area contributed by atoms with E-state index in [1.807, 2.05) is 0 Å². The molecule has 2 N–H and O–H groups in total. The average Bonchev–Trinajstić information content (AvgIpc) is 2.54. The van der Waals surface area contributed by atoms with Crippen LogP contribution in [0.25, 0.3) is 0 Å². The van der Waals surface area contributed by atoms with Crippen LogP contribution in [0.4, 0.5) is 5.69 Å². The normalized spacial score (nSPS) is 20.2. The highest BCUT2D eigenvalue weighted by atomic mass is 35.5. The molecule has 0 atom stereocenters. The Labute approximate surface area is 145 Å². The first-order valence-electron chi connectivity index (χ1n) is 7.90. The standard InChI is InChI=1S/C17H21ClN2O4/c1-20(10-15(21)19-14-4-2-3-13(18)9-14)16(22)11-5-7-12(8-6-11)17(23)24/h2-4,9,11-12H,5-8,10H2,1H3,(H,19,21)(H,23,24). The molecule has 1 aliphatic rings. The number of carboxylic acid groups (broad SMARTS) is 1. The van der Waals surface area contributed by atoms with Gasteiger partial charge in [-0.15, -0.1) is 0 Å². The van der Waals surface area contributed by atoms with Crippen molar-refractivity contribution >= 4 is 35.1 Å². The Kier molecular flexibility index (Phi) is 6.20. The molecule has 7 heteroatoms. The van der Waals surface area contributed by atoms with Crippen molar-refractivity contribution < 1.29 is 19.5 Å². The monoisotopic (exact) mass is 352 g/mol. The SMILES string of the molecule is CN(CC(=O)Nc1cccc(Cl)c1)C(=O)C1CCC(C(=O)O)CC1. The molecule has 1 fully saturated rings. The zero-order valence-corrected chi connectivity index (χ0v) is 14.3. The summed E-state index contributed by atoms with van der Waals surface area (Å²) in [6.45, 7) is -0.0514. The maximum absolute atomic E-state index is 12.4. The van der Waals surface area contributed by atoms with Crippen molar-refractivity contribution in [3.05, 3.63) is 29.3 Å². The number of benzene rings is 1. The number of halogens is 1. The van der Waals surface area contributed by atoms with Gasteiger partial charge in [-0.05, 0) is 43.9 Å². The van der Waals surface area contributed by atoms with Gasteiger partial charge in [0.2, 0.25) is 11.8 Å². The molecule has 24 heavy (non-hydrogen) atoms. The van der Waals surface area contributed by atoms with Gasteiger partial charge in [-0.3, -0.25) is 14.4 Å². The Hall–Kier alpha value is -2.08. The van der Waals surface area contributed by atoms with Crippen LogP contribution in [0.5, 0.6) is 0 Å². The van der Waals surface area contributed by atoms with Gasteiger partial charge >= 0.3 is 5.97 Å². The van der Waals surface area contributed by atoms with E-state index in [0.29, 0.717) is 36.4 Å². The molecule has 130 valence electrons. The number of rotatable bonds is 5. The number of carboxylic acids is 1. The Bertz CT molecular complexity index is 627. The van der Waals surface area contributed by atoms with Gasteiger partial charge in [-0.1, -0.05) is 17.7 Å². The Morgan fingerprint density at radius 2 is 1.83 bits per heavy atom. The first kappa shape index (κ1) is 18.3. The molecule has 1 saturated carbocycles. The fraction of sp³-hybridized carbons (Fsp3) is 0.471. The summed E-state index contributed by atoms with van der Waals surface area (Å²) in [5, 5.41) is 12.2. The lowest BCUT2D eigenvalue weighted by molar-refractivity contribution is -0.145. The molecule has 0 bridgehead atoms. The van der Waals surface area contributed by atoms with Crippen molar-refractivity contribution in [3.8, 4) is 0 Å². The third-order valence-corrected chi connectivity index (χ3v) is 4.53. The van der Waals surface area contributed by atoms with Crippen LogP contribution in [-0.2, 0) is 14.4 Å². The van der Waals surface area contributed by atoms with E-state index < -0.39 is 5.97 Å². The van der Waals surface area contributed by atoms with E-state index in [-0.39, 0.29) is 30.2 Å². The summed E-state index contributed by atoms with van der Waals surface area (Å²) in [5.41, 5.74) is 0.579. The van der Waals surface area contributed by atoms with E-state index in [4.69, 9.17) is 16.7 Å². The summed E-state index contributed by atoms with van der Waals surface area (Å²) in [6, 6.07) is 6.79. The van der Waals surface area contributed by atoms with Gasteiger partial charge in [0.1, 0.15) is 0 Å². The summed E-state index contributed by atoms with van der Waals surface area (Å²) < 4.78 is 0. The minimum Gasteiger partial charge on any atom is -0.481 e. The predicted octanol–water partition coefficient (Wildman–Crippen LogP) is 2.63. The topological polar surface area (TPSA) is 86.7 Å². The quantitative estimate of drug-likeness (QED) is 0.852. The van der Waals surface area contributed by atoms with E-state index in [9.17, 15) is 14.4 Å². The van der Waals surface area contributed by atoms with Crippen LogP contribution < -0.4 is 5.32 Å².